The Morgan fingerprint density at radius 1 is 1.45 bits per heavy atom. The van der Waals surface area contributed by atoms with Crippen molar-refractivity contribution in [3.8, 4) is 0 Å². The maximum Gasteiger partial charge on any atom is 0.271 e. The number of nitrogens with two attached hydrogens (primary N) is 2. The standard InChI is InChI=1S/C11H11F3N4O2/c12-5-1-2-6(9(16)19)17-8(5)11(10(13)14)4-20-3-7(15)18-11/h1-2,10H,3-4H2,(H2,15,18)(H2,16,19)/t11-/m0/s1. The summed E-state index contributed by atoms with van der Waals surface area (Å²) in [7, 11) is 0. The number of amides is 1. The van der Waals surface area contributed by atoms with Gasteiger partial charge in [0.2, 0.25) is 0 Å². The first kappa shape index (κ1) is 14.3. The number of halogens is 3. The molecule has 9 heteroatoms. The van der Waals surface area contributed by atoms with Crippen molar-refractivity contribution < 1.29 is 22.7 Å². The number of rotatable bonds is 3. The molecular weight excluding hydrogens is 277 g/mol. The van der Waals surface area contributed by atoms with E-state index in [0.717, 1.165) is 12.1 Å². The van der Waals surface area contributed by atoms with Crippen LogP contribution in [0.1, 0.15) is 16.2 Å². The van der Waals surface area contributed by atoms with E-state index >= 15 is 0 Å². The molecule has 0 unspecified atom stereocenters. The van der Waals surface area contributed by atoms with Crippen LogP contribution in [0.3, 0.4) is 0 Å². The number of nitrogens with zero attached hydrogens (tertiary/aromatic N) is 2. The molecule has 1 aliphatic heterocycles. The first-order valence-electron chi connectivity index (χ1n) is 5.54. The first-order valence-corrected chi connectivity index (χ1v) is 5.54. The summed E-state index contributed by atoms with van der Waals surface area (Å²) < 4.78 is 45.5. The maximum absolute atomic E-state index is 13.8. The van der Waals surface area contributed by atoms with Crippen molar-refractivity contribution in [2.75, 3.05) is 13.2 Å². The van der Waals surface area contributed by atoms with Crippen LogP contribution in [-0.4, -0.2) is 36.4 Å². The molecule has 6 nitrogen and oxygen atoms in total. The van der Waals surface area contributed by atoms with E-state index in [0.29, 0.717) is 0 Å². The summed E-state index contributed by atoms with van der Waals surface area (Å²) in [5, 5.41) is 0. The molecule has 4 N–H and O–H groups in total. The lowest BCUT2D eigenvalue weighted by Gasteiger charge is -2.32. The van der Waals surface area contributed by atoms with Crippen molar-refractivity contribution in [2.45, 2.75) is 12.0 Å². The van der Waals surface area contributed by atoms with Crippen molar-refractivity contribution >= 4 is 11.7 Å². The molecule has 0 fully saturated rings. The predicted molar refractivity (Wildman–Crippen MR) is 62.8 cm³/mol. The average molecular weight is 288 g/mol. The first-order chi connectivity index (χ1) is 9.36. The van der Waals surface area contributed by atoms with Crippen molar-refractivity contribution in [2.24, 2.45) is 16.5 Å². The highest BCUT2D eigenvalue weighted by Gasteiger charge is 2.47. The summed E-state index contributed by atoms with van der Waals surface area (Å²) in [6.07, 6.45) is -3.12. The lowest BCUT2D eigenvalue weighted by Crippen LogP contribution is -2.46. The fraction of sp³-hybridized carbons (Fsp3) is 0.364. The van der Waals surface area contributed by atoms with E-state index in [1.54, 1.807) is 0 Å². The zero-order valence-corrected chi connectivity index (χ0v) is 10.1. The van der Waals surface area contributed by atoms with Gasteiger partial charge in [0.25, 0.3) is 12.3 Å². The second-order valence-corrected chi connectivity index (χ2v) is 4.21. The van der Waals surface area contributed by atoms with Gasteiger partial charge in [-0.05, 0) is 12.1 Å². The Bertz CT molecular complexity index is 579. The van der Waals surface area contributed by atoms with Crippen LogP contribution in [0.2, 0.25) is 0 Å². The second-order valence-electron chi connectivity index (χ2n) is 4.21. The molecule has 0 spiro atoms. The van der Waals surface area contributed by atoms with E-state index in [-0.39, 0.29) is 18.1 Å². The number of carbonyl (C=O) groups is 1. The van der Waals surface area contributed by atoms with Crippen LogP contribution >= 0.6 is 0 Å². The molecule has 1 aromatic rings. The lowest BCUT2D eigenvalue weighted by atomic mass is 9.95. The van der Waals surface area contributed by atoms with E-state index in [4.69, 9.17) is 16.2 Å². The van der Waals surface area contributed by atoms with E-state index < -0.39 is 36.0 Å². The normalized spacial score (nSPS) is 22.7. The van der Waals surface area contributed by atoms with Gasteiger partial charge in [-0.25, -0.2) is 23.1 Å². The van der Waals surface area contributed by atoms with Gasteiger partial charge in [0.1, 0.15) is 29.6 Å². The quantitative estimate of drug-likeness (QED) is 0.827. The Morgan fingerprint density at radius 2 is 2.15 bits per heavy atom. The summed E-state index contributed by atoms with van der Waals surface area (Å²) in [5.74, 6) is -2.22. The highest BCUT2D eigenvalue weighted by molar-refractivity contribution is 5.90. The highest BCUT2D eigenvalue weighted by atomic mass is 19.3. The number of primary amides is 1. The molecule has 2 rings (SSSR count). The van der Waals surface area contributed by atoms with Gasteiger partial charge in [-0.2, -0.15) is 0 Å². The molecule has 20 heavy (non-hydrogen) atoms. The van der Waals surface area contributed by atoms with E-state index in [1.165, 1.54) is 0 Å². The average Bonchev–Trinajstić information content (AvgIpc) is 2.38. The lowest BCUT2D eigenvalue weighted by molar-refractivity contribution is -0.0169. The number of aromatic nitrogens is 1. The minimum absolute atomic E-state index is 0.133. The number of ether oxygens (including phenoxy) is 1. The topological polar surface area (TPSA) is 104 Å². The van der Waals surface area contributed by atoms with Crippen LogP contribution in [0.15, 0.2) is 17.1 Å². The van der Waals surface area contributed by atoms with Crippen molar-refractivity contribution in [1.82, 2.24) is 4.98 Å². The SMILES string of the molecule is NC(=O)c1ccc(F)c([C@]2(C(F)F)COCC(N)=N2)n1. The molecule has 0 aliphatic carbocycles. The summed E-state index contributed by atoms with van der Waals surface area (Å²) in [6, 6.07) is 1.82. The summed E-state index contributed by atoms with van der Waals surface area (Å²) in [4.78, 5) is 18.2. The monoisotopic (exact) mass is 288 g/mol. The molecule has 0 aromatic carbocycles. The Morgan fingerprint density at radius 3 is 2.70 bits per heavy atom. The van der Waals surface area contributed by atoms with Gasteiger partial charge >= 0.3 is 0 Å². The molecular formula is C11H11F3N4O2. The Labute approximate surface area is 111 Å². The van der Waals surface area contributed by atoms with E-state index in [1.807, 2.05) is 0 Å². The number of hydrogen-bond donors (Lipinski definition) is 2. The van der Waals surface area contributed by atoms with Crippen LogP contribution in [0.5, 0.6) is 0 Å². The third kappa shape index (κ3) is 2.31. The van der Waals surface area contributed by atoms with Gasteiger partial charge in [-0.1, -0.05) is 0 Å². The summed E-state index contributed by atoms with van der Waals surface area (Å²) >= 11 is 0. The molecule has 0 saturated carbocycles. The van der Waals surface area contributed by atoms with Crippen molar-refractivity contribution in [3.05, 3.63) is 29.3 Å². The minimum atomic E-state index is -3.12. The molecule has 0 bridgehead atoms. The third-order valence-corrected chi connectivity index (χ3v) is 2.78. The van der Waals surface area contributed by atoms with Gasteiger partial charge in [-0.3, -0.25) is 4.79 Å². The second kappa shape index (κ2) is 5.08. The van der Waals surface area contributed by atoms with Crippen molar-refractivity contribution in [1.29, 1.82) is 0 Å². The smallest absolute Gasteiger partial charge is 0.271 e. The molecule has 1 amide bonds. The third-order valence-electron chi connectivity index (χ3n) is 2.78. The van der Waals surface area contributed by atoms with Crippen LogP contribution in [0.4, 0.5) is 13.2 Å². The van der Waals surface area contributed by atoms with Gasteiger partial charge in [0.15, 0.2) is 5.54 Å². The van der Waals surface area contributed by atoms with Crippen LogP contribution in [0, 0.1) is 5.82 Å². The van der Waals surface area contributed by atoms with Gasteiger partial charge in [0, 0.05) is 0 Å². The number of aliphatic imine (C=N–C) groups is 1. The molecule has 1 aliphatic rings. The molecule has 0 radical (unpaired) electrons. The summed E-state index contributed by atoms with van der Waals surface area (Å²) in [5.41, 5.74) is 6.95. The predicted octanol–water partition coefficient (Wildman–Crippen LogP) is 0.167. The van der Waals surface area contributed by atoms with E-state index in [2.05, 4.69) is 9.98 Å². The minimum Gasteiger partial charge on any atom is -0.385 e. The van der Waals surface area contributed by atoms with Crippen LogP contribution in [0.25, 0.3) is 0 Å². The maximum atomic E-state index is 13.8. The molecule has 1 atom stereocenters. The number of amidine groups is 1. The Balaban J connectivity index is 2.64. The van der Waals surface area contributed by atoms with Crippen LogP contribution in [-0.2, 0) is 10.3 Å². The largest absolute Gasteiger partial charge is 0.385 e. The van der Waals surface area contributed by atoms with Gasteiger partial charge in [-0.15, -0.1) is 0 Å². The fourth-order valence-corrected chi connectivity index (χ4v) is 1.85. The number of pyridine rings is 1. The number of hydrogen-bond acceptors (Lipinski definition) is 5. The Hall–Kier alpha value is -2.16. The van der Waals surface area contributed by atoms with Gasteiger partial charge < -0.3 is 16.2 Å². The molecule has 0 saturated heterocycles. The number of alkyl halides is 2. The number of carbonyl (C=O) groups excluding carboxylic acids is 1. The zero-order valence-electron chi connectivity index (χ0n) is 10.1. The molecule has 108 valence electrons. The van der Waals surface area contributed by atoms with Gasteiger partial charge in [0.05, 0.1) is 6.61 Å². The fourth-order valence-electron chi connectivity index (χ4n) is 1.85. The zero-order chi connectivity index (χ0) is 14.9. The Kier molecular flexibility index (Phi) is 3.62. The van der Waals surface area contributed by atoms with Crippen molar-refractivity contribution in [3.63, 3.8) is 0 Å². The highest BCUT2D eigenvalue weighted by Crippen LogP contribution is 2.35. The molecule has 1 aromatic heterocycles. The van der Waals surface area contributed by atoms with E-state index in [9.17, 15) is 18.0 Å². The molecule has 2 heterocycles. The van der Waals surface area contributed by atoms with Crippen LogP contribution < -0.4 is 11.5 Å². The summed E-state index contributed by atoms with van der Waals surface area (Å²) in [6.45, 7) is -0.733.